The van der Waals surface area contributed by atoms with E-state index < -0.39 is 5.82 Å². The van der Waals surface area contributed by atoms with Gasteiger partial charge in [0, 0.05) is 16.7 Å². The molecule has 1 heterocycles. The molecular weight excluding hydrogens is 247 g/mol. The van der Waals surface area contributed by atoms with Gasteiger partial charge < -0.3 is 15.2 Å². The van der Waals surface area contributed by atoms with Crippen LogP contribution in [-0.4, -0.2) is 20.2 Å². The minimum Gasteiger partial charge on any atom is -0.504 e. The smallest absolute Gasteiger partial charge is 0.184 e. The number of hydrogen-bond acceptors (Lipinski definition) is 3. The van der Waals surface area contributed by atoms with Gasteiger partial charge >= 0.3 is 0 Å². The first-order valence-corrected chi connectivity index (χ1v) is 6.01. The second kappa shape index (κ2) is 3.85. The van der Waals surface area contributed by atoms with E-state index in [1.807, 2.05) is 13.8 Å². The lowest BCUT2D eigenvalue weighted by molar-refractivity contribution is 0.411. The number of aromatic amines is 1. The van der Waals surface area contributed by atoms with Crippen LogP contribution in [-0.2, 0) is 0 Å². The maximum atomic E-state index is 13.3. The van der Waals surface area contributed by atoms with Crippen molar-refractivity contribution in [1.82, 2.24) is 9.97 Å². The lowest BCUT2D eigenvalue weighted by Gasteiger charge is -2.05. The van der Waals surface area contributed by atoms with Crippen LogP contribution in [0.3, 0.4) is 0 Å². The van der Waals surface area contributed by atoms with Crippen LogP contribution in [0.15, 0.2) is 18.2 Å². The Balaban J connectivity index is 2.51. The van der Waals surface area contributed by atoms with Crippen molar-refractivity contribution >= 4 is 21.8 Å². The van der Waals surface area contributed by atoms with Gasteiger partial charge in [0.1, 0.15) is 22.7 Å². The number of aromatic nitrogens is 2. The number of aromatic hydroxyl groups is 2. The molecule has 3 N–H and O–H groups in total. The fraction of sp³-hybridized carbons (Fsp3) is 0.214. The minimum absolute atomic E-state index is 0.157. The topological polar surface area (TPSA) is 69.1 Å². The molecule has 0 saturated heterocycles. The van der Waals surface area contributed by atoms with E-state index in [-0.39, 0.29) is 22.8 Å². The molecule has 0 radical (unpaired) electrons. The van der Waals surface area contributed by atoms with Crippen LogP contribution >= 0.6 is 0 Å². The van der Waals surface area contributed by atoms with Gasteiger partial charge in [0.2, 0.25) is 0 Å². The van der Waals surface area contributed by atoms with Crippen molar-refractivity contribution in [3.63, 3.8) is 0 Å². The molecule has 19 heavy (non-hydrogen) atoms. The summed E-state index contributed by atoms with van der Waals surface area (Å²) in [4.78, 5) is 7.42. The lowest BCUT2D eigenvalue weighted by atomic mass is 10.1. The number of hydrogen-bond donors (Lipinski definition) is 3. The maximum Gasteiger partial charge on any atom is 0.184 e. The number of phenolic OH excluding ortho intramolecular Hbond substituents is 2. The zero-order valence-corrected chi connectivity index (χ0v) is 10.5. The Labute approximate surface area is 108 Å². The van der Waals surface area contributed by atoms with Crippen molar-refractivity contribution in [3.8, 4) is 11.5 Å². The number of imidazole rings is 1. The van der Waals surface area contributed by atoms with Gasteiger partial charge in [0.25, 0.3) is 0 Å². The zero-order chi connectivity index (χ0) is 13.7. The van der Waals surface area contributed by atoms with E-state index in [4.69, 9.17) is 0 Å². The molecule has 3 aromatic rings. The number of halogens is 1. The molecule has 0 aliphatic heterocycles. The molecule has 1 aromatic heterocycles. The van der Waals surface area contributed by atoms with Crippen molar-refractivity contribution < 1.29 is 14.6 Å². The first kappa shape index (κ1) is 11.8. The molecule has 0 unspecified atom stereocenters. The highest BCUT2D eigenvalue weighted by molar-refractivity contribution is 6.10. The van der Waals surface area contributed by atoms with Crippen molar-refractivity contribution in [2.24, 2.45) is 0 Å². The van der Waals surface area contributed by atoms with E-state index >= 15 is 0 Å². The van der Waals surface area contributed by atoms with Crippen molar-refractivity contribution in [3.05, 3.63) is 29.8 Å². The van der Waals surface area contributed by atoms with E-state index in [1.165, 1.54) is 12.1 Å². The molecule has 0 atom stereocenters. The summed E-state index contributed by atoms with van der Waals surface area (Å²) in [6, 6.07) is 4.05. The molecule has 5 heteroatoms. The Kier molecular flexibility index (Phi) is 2.38. The second-order valence-electron chi connectivity index (χ2n) is 4.89. The first-order valence-electron chi connectivity index (χ1n) is 6.01. The second-order valence-corrected chi connectivity index (χ2v) is 4.89. The summed E-state index contributed by atoms with van der Waals surface area (Å²) in [6.45, 7) is 3.94. The molecule has 0 aliphatic rings. The van der Waals surface area contributed by atoms with Gasteiger partial charge in [-0.05, 0) is 18.2 Å². The molecule has 0 saturated carbocycles. The molecule has 4 nitrogen and oxygen atoms in total. The van der Waals surface area contributed by atoms with Gasteiger partial charge in [-0.2, -0.15) is 0 Å². The van der Waals surface area contributed by atoms with Crippen molar-refractivity contribution in [2.45, 2.75) is 19.8 Å². The SMILES string of the molecule is CC(C)c1nc2c([nH]1)c(O)c(O)c1cc(F)ccc12. The predicted octanol–water partition coefficient (Wildman–Crippen LogP) is 3.39. The van der Waals surface area contributed by atoms with Gasteiger partial charge in [0.15, 0.2) is 11.5 Å². The summed E-state index contributed by atoms with van der Waals surface area (Å²) >= 11 is 0. The van der Waals surface area contributed by atoms with E-state index in [0.717, 1.165) is 0 Å². The van der Waals surface area contributed by atoms with E-state index in [0.29, 0.717) is 22.2 Å². The van der Waals surface area contributed by atoms with Crippen LogP contribution in [0.2, 0.25) is 0 Å². The summed E-state index contributed by atoms with van der Waals surface area (Å²) in [6.07, 6.45) is 0. The fourth-order valence-corrected chi connectivity index (χ4v) is 2.20. The van der Waals surface area contributed by atoms with Crippen molar-refractivity contribution in [2.75, 3.05) is 0 Å². The van der Waals surface area contributed by atoms with Crippen LogP contribution in [0, 0.1) is 5.82 Å². The Hall–Kier alpha value is -2.30. The number of phenols is 2. The predicted molar refractivity (Wildman–Crippen MR) is 71.0 cm³/mol. The molecule has 0 bridgehead atoms. The van der Waals surface area contributed by atoms with Crippen LogP contribution in [0.4, 0.5) is 4.39 Å². The lowest BCUT2D eigenvalue weighted by Crippen LogP contribution is -1.88. The normalized spacial score (nSPS) is 11.8. The number of H-pyrrole nitrogens is 1. The third kappa shape index (κ3) is 1.62. The molecule has 0 aliphatic carbocycles. The van der Waals surface area contributed by atoms with Crippen LogP contribution < -0.4 is 0 Å². The summed E-state index contributed by atoms with van der Waals surface area (Å²) < 4.78 is 13.3. The number of benzene rings is 2. The number of nitrogens with zero attached hydrogens (tertiary/aromatic N) is 1. The first-order chi connectivity index (χ1) is 8.99. The number of fused-ring (bicyclic) bond motifs is 3. The van der Waals surface area contributed by atoms with Gasteiger partial charge in [0.05, 0.1) is 0 Å². The van der Waals surface area contributed by atoms with Crippen molar-refractivity contribution in [1.29, 1.82) is 0 Å². The number of rotatable bonds is 1. The maximum absolute atomic E-state index is 13.3. The van der Waals surface area contributed by atoms with Gasteiger partial charge in [-0.1, -0.05) is 13.8 Å². The molecule has 3 rings (SSSR count). The third-order valence-corrected chi connectivity index (χ3v) is 3.22. The number of nitrogens with one attached hydrogen (secondary N) is 1. The highest BCUT2D eigenvalue weighted by Crippen LogP contribution is 2.41. The average molecular weight is 260 g/mol. The molecular formula is C14H13FN2O2. The molecule has 98 valence electrons. The highest BCUT2D eigenvalue weighted by Gasteiger charge is 2.18. The molecule has 0 amide bonds. The standard InChI is InChI=1S/C14H13FN2O2/c1-6(2)14-16-10-8-4-3-7(15)5-9(8)12(18)13(19)11(10)17-14/h3-6,18-19H,1-2H3,(H,16,17). The van der Waals surface area contributed by atoms with Gasteiger partial charge in [-0.25, -0.2) is 9.37 Å². The minimum atomic E-state index is -0.471. The summed E-state index contributed by atoms with van der Waals surface area (Å²) in [5.41, 5.74) is 0.911. The Morgan fingerprint density at radius 1 is 1.16 bits per heavy atom. The third-order valence-electron chi connectivity index (χ3n) is 3.22. The van der Waals surface area contributed by atoms with Crippen LogP contribution in [0.25, 0.3) is 21.8 Å². The van der Waals surface area contributed by atoms with E-state index in [1.54, 1.807) is 6.07 Å². The molecule has 0 fully saturated rings. The summed E-state index contributed by atoms with van der Waals surface area (Å²) in [7, 11) is 0. The Morgan fingerprint density at radius 3 is 2.58 bits per heavy atom. The van der Waals surface area contributed by atoms with Gasteiger partial charge in [-0.3, -0.25) is 0 Å². The van der Waals surface area contributed by atoms with E-state index in [2.05, 4.69) is 9.97 Å². The largest absolute Gasteiger partial charge is 0.504 e. The quantitative estimate of drug-likeness (QED) is 0.587. The monoisotopic (exact) mass is 260 g/mol. The van der Waals surface area contributed by atoms with Gasteiger partial charge in [-0.15, -0.1) is 0 Å². The summed E-state index contributed by atoms with van der Waals surface area (Å²) in [5.74, 6) is -0.236. The summed E-state index contributed by atoms with van der Waals surface area (Å²) in [5, 5.41) is 20.8. The van der Waals surface area contributed by atoms with Crippen LogP contribution in [0.1, 0.15) is 25.6 Å². The van der Waals surface area contributed by atoms with E-state index in [9.17, 15) is 14.6 Å². The Bertz CT molecular complexity index is 793. The highest BCUT2D eigenvalue weighted by atomic mass is 19.1. The molecule has 0 spiro atoms. The average Bonchev–Trinajstić information content (AvgIpc) is 2.81. The molecule has 2 aromatic carbocycles. The fourth-order valence-electron chi connectivity index (χ4n) is 2.20. The zero-order valence-electron chi connectivity index (χ0n) is 10.5. The Morgan fingerprint density at radius 2 is 1.89 bits per heavy atom. The van der Waals surface area contributed by atoms with Crippen LogP contribution in [0.5, 0.6) is 11.5 Å².